The second-order valence-electron chi connectivity index (χ2n) is 4.03. The molecule has 2 heterocycles. The van der Waals surface area contributed by atoms with Gasteiger partial charge < -0.3 is 18.4 Å². The molecule has 5 heteroatoms. The van der Waals surface area contributed by atoms with Crippen LogP contribution in [0, 0.1) is 0 Å². The van der Waals surface area contributed by atoms with Gasteiger partial charge in [0.15, 0.2) is 11.2 Å². The minimum atomic E-state index is -0.549. The summed E-state index contributed by atoms with van der Waals surface area (Å²) in [6.45, 7) is 7.54. The fourth-order valence-corrected chi connectivity index (χ4v) is 2.64. The Balaban J connectivity index is 2.11. The summed E-state index contributed by atoms with van der Waals surface area (Å²) in [6.07, 6.45) is 1.46. The number of hydrogen-bond acceptors (Lipinski definition) is 5. The average molecular weight is 232 g/mol. The zero-order chi connectivity index (χ0) is 11.1. The van der Waals surface area contributed by atoms with Crippen molar-refractivity contribution in [1.82, 2.24) is 0 Å². The highest BCUT2D eigenvalue weighted by molar-refractivity contribution is 7.95. The Labute approximate surface area is 94.1 Å². The molecular weight excluding hydrogens is 216 g/mol. The van der Waals surface area contributed by atoms with Crippen molar-refractivity contribution in [1.29, 1.82) is 0 Å². The van der Waals surface area contributed by atoms with Crippen molar-refractivity contribution in [3.05, 3.63) is 12.7 Å². The first-order valence-corrected chi connectivity index (χ1v) is 5.71. The summed E-state index contributed by atoms with van der Waals surface area (Å²) in [5, 5.41) is 0. The third kappa shape index (κ3) is 2.07. The standard InChI is InChI=1S/C10H16O4S/c1-5-6-7-8(9(12-6)15-11-4)14-10(2,3)13-7/h5-9H,1H2,2-4H3/t6-,7-,8-,9?/m0/s1. The molecule has 0 bridgehead atoms. The van der Waals surface area contributed by atoms with Gasteiger partial charge in [0.1, 0.15) is 18.3 Å². The molecule has 2 rings (SSSR count). The molecule has 0 aromatic heterocycles. The topological polar surface area (TPSA) is 36.9 Å². The van der Waals surface area contributed by atoms with Gasteiger partial charge in [0.25, 0.3) is 0 Å². The number of rotatable bonds is 3. The van der Waals surface area contributed by atoms with Gasteiger partial charge in [-0.05, 0) is 13.8 Å². The number of fused-ring (bicyclic) bond motifs is 1. The first-order valence-electron chi connectivity index (χ1n) is 4.90. The molecule has 0 N–H and O–H groups in total. The van der Waals surface area contributed by atoms with Gasteiger partial charge in [-0.15, -0.1) is 6.58 Å². The van der Waals surface area contributed by atoms with Crippen LogP contribution in [-0.2, 0) is 18.4 Å². The highest BCUT2D eigenvalue weighted by Gasteiger charge is 2.54. The van der Waals surface area contributed by atoms with E-state index >= 15 is 0 Å². The van der Waals surface area contributed by atoms with E-state index in [1.54, 1.807) is 13.2 Å². The quantitative estimate of drug-likeness (QED) is 0.547. The van der Waals surface area contributed by atoms with Crippen molar-refractivity contribution >= 4 is 12.0 Å². The molecule has 0 aliphatic carbocycles. The van der Waals surface area contributed by atoms with Gasteiger partial charge in [-0.3, -0.25) is 0 Å². The lowest BCUT2D eigenvalue weighted by atomic mass is 10.1. The maximum Gasteiger partial charge on any atom is 0.164 e. The van der Waals surface area contributed by atoms with Crippen LogP contribution in [0.2, 0.25) is 0 Å². The summed E-state index contributed by atoms with van der Waals surface area (Å²) in [6, 6.07) is 0. The van der Waals surface area contributed by atoms with Crippen LogP contribution in [0.5, 0.6) is 0 Å². The maximum atomic E-state index is 5.77. The van der Waals surface area contributed by atoms with Gasteiger partial charge in [-0.25, -0.2) is 0 Å². The predicted molar refractivity (Wildman–Crippen MR) is 57.3 cm³/mol. The first kappa shape index (κ1) is 11.4. The summed E-state index contributed by atoms with van der Waals surface area (Å²) in [5.74, 6) is -0.549. The van der Waals surface area contributed by atoms with Gasteiger partial charge in [0.05, 0.1) is 7.11 Å². The van der Waals surface area contributed by atoms with Crippen LogP contribution in [0.3, 0.4) is 0 Å². The largest absolute Gasteiger partial charge is 0.352 e. The van der Waals surface area contributed by atoms with Gasteiger partial charge in [-0.2, -0.15) is 0 Å². The molecule has 4 nitrogen and oxygen atoms in total. The van der Waals surface area contributed by atoms with Crippen LogP contribution in [0.15, 0.2) is 12.7 Å². The number of hydrogen-bond donors (Lipinski definition) is 0. The van der Waals surface area contributed by atoms with Crippen molar-refractivity contribution in [2.24, 2.45) is 0 Å². The lowest BCUT2D eigenvalue weighted by Gasteiger charge is -2.22. The molecule has 4 atom stereocenters. The Bertz CT molecular complexity index is 256. The highest BCUT2D eigenvalue weighted by atomic mass is 32.2. The summed E-state index contributed by atoms with van der Waals surface area (Å²) in [4.78, 5) is 0. The second-order valence-corrected chi connectivity index (χ2v) is 5.02. The van der Waals surface area contributed by atoms with E-state index in [0.29, 0.717) is 0 Å². The van der Waals surface area contributed by atoms with Gasteiger partial charge >= 0.3 is 0 Å². The molecule has 0 aromatic rings. The van der Waals surface area contributed by atoms with Crippen LogP contribution in [-0.4, -0.2) is 36.6 Å². The van der Waals surface area contributed by atoms with E-state index in [1.807, 2.05) is 13.8 Å². The Morgan fingerprint density at radius 2 is 2.00 bits per heavy atom. The summed E-state index contributed by atoms with van der Waals surface area (Å²) in [5.41, 5.74) is -0.148. The van der Waals surface area contributed by atoms with Crippen LogP contribution in [0.1, 0.15) is 13.8 Å². The van der Waals surface area contributed by atoms with Gasteiger partial charge in [-0.1, -0.05) is 6.08 Å². The Hall–Kier alpha value is -0.0700. The van der Waals surface area contributed by atoms with Crippen molar-refractivity contribution in [3.63, 3.8) is 0 Å². The smallest absolute Gasteiger partial charge is 0.164 e. The van der Waals surface area contributed by atoms with E-state index in [1.165, 1.54) is 12.0 Å². The van der Waals surface area contributed by atoms with E-state index in [4.69, 9.17) is 18.4 Å². The molecule has 0 saturated carbocycles. The molecule has 0 amide bonds. The fourth-order valence-electron chi connectivity index (χ4n) is 1.95. The van der Waals surface area contributed by atoms with Crippen molar-refractivity contribution in [3.8, 4) is 0 Å². The van der Waals surface area contributed by atoms with Crippen molar-refractivity contribution in [2.45, 2.75) is 43.4 Å². The van der Waals surface area contributed by atoms with Crippen molar-refractivity contribution in [2.75, 3.05) is 7.11 Å². The van der Waals surface area contributed by atoms with Crippen LogP contribution in [0.25, 0.3) is 0 Å². The molecule has 0 aromatic carbocycles. The Kier molecular flexibility index (Phi) is 3.10. The minimum Gasteiger partial charge on any atom is -0.352 e. The lowest BCUT2D eigenvalue weighted by molar-refractivity contribution is -0.174. The maximum absolute atomic E-state index is 5.77. The molecule has 15 heavy (non-hydrogen) atoms. The normalized spacial score (nSPS) is 42.9. The third-order valence-electron chi connectivity index (χ3n) is 2.47. The van der Waals surface area contributed by atoms with E-state index in [9.17, 15) is 0 Å². The average Bonchev–Trinajstić information content (AvgIpc) is 2.61. The molecule has 2 saturated heterocycles. The van der Waals surface area contributed by atoms with Crippen LogP contribution in [0.4, 0.5) is 0 Å². The second kappa shape index (κ2) is 4.07. The van der Waals surface area contributed by atoms with Crippen LogP contribution >= 0.6 is 12.0 Å². The summed E-state index contributed by atoms with van der Waals surface area (Å²) < 4.78 is 22.2. The number of ether oxygens (including phenoxy) is 3. The molecule has 0 radical (unpaired) electrons. The molecule has 1 unspecified atom stereocenters. The predicted octanol–water partition coefficient (Wildman–Crippen LogP) is 1.71. The highest BCUT2D eigenvalue weighted by Crippen LogP contribution is 2.42. The molecule has 0 spiro atoms. The molecule has 2 fully saturated rings. The van der Waals surface area contributed by atoms with E-state index in [2.05, 4.69) is 6.58 Å². The van der Waals surface area contributed by atoms with E-state index < -0.39 is 5.79 Å². The Morgan fingerprint density at radius 1 is 1.33 bits per heavy atom. The SMILES string of the molecule is C=C[C@@H]1OC(SOC)[C@H]2OC(C)(C)O[C@@H]12. The summed E-state index contributed by atoms with van der Waals surface area (Å²) >= 11 is 1.26. The molecule has 86 valence electrons. The monoisotopic (exact) mass is 232 g/mol. The van der Waals surface area contributed by atoms with Crippen LogP contribution < -0.4 is 0 Å². The minimum absolute atomic E-state index is 0.0786. The van der Waals surface area contributed by atoms with Crippen molar-refractivity contribution < 1.29 is 18.4 Å². The third-order valence-corrected chi connectivity index (χ3v) is 3.23. The zero-order valence-electron chi connectivity index (χ0n) is 9.14. The van der Waals surface area contributed by atoms with Gasteiger partial charge in [0.2, 0.25) is 0 Å². The van der Waals surface area contributed by atoms with E-state index in [0.717, 1.165) is 0 Å². The van der Waals surface area contributed by atoms with Gasteiger partial charge in [0, 0.05) is 12.0 Å². The summed E-state index contributed by atoms with van der Waals surface area (Å²) in [7, 11) is 1.62. The van der Waals surface area contributed by atoms with E-state index in [-0.39, 0.29) is 23.7 Å². The zero-order valence-corrected chi connectivity index (χ0v) is 9.95. The molecule has 2 aliphatic heterocycles. The molecule has 2 aliphatic rings. The first-order chi connectivity index (χ1) is 7.07. The Morgan fingerprint density at radius 3 is 2.60 bits per heavy atom. The lowest BCUT2D eigenvalue weighted by Crippen LogP contribution is -2.27. The fraction of sp³-hybridized carbons (Fsp3) is 0.800. The molecular formula is C10H16O4S.